The van der Waals surface area contributed by atoms with Gasteiger partial charge in [0.25, 0.3) is 0 Å². The average Bonchev–Trinajstić information content (AvgIpc) is 3.29. The fraction of sp³-hybridized carbons (Fsp3) is 0.529. The second-order valence-corrected chi connectivity index (χ2v) is 16.0. The molecule has 0 unspecified atom stereocenters. The summed E-state index contributed by atoms with van der Waals surface area (Å²) in [4.78, 5) is 0. The standard InChI is InChI=1S/C51H72O9/c1-31(52-7)40-16-37(17-41(25-40)32(2)53-8)22-49(58-13)46-28-47(50(59-14)23-38-18-42(33(3)54-9)26-43(19-38)34(4)55-10)30-48(29-46)51(60-15)24-39-20-44(35(5)56-11)27-45(21-39)36(6)57-12/h16-21,25-36,49-51H,22-24H2,1-15H3/t31-,32-,33-,34-,35-,36-,49+,50+,51+/m1/s1. The fourth-order valence-electron chi connectivity index (χ4n) is 7.73. The maximum absolute atomic E-state index is 6.38. The normalized spacial score (nSPS) is 16.4. The van der Waals surface area contributed by atoms with Crippen molar-refractivity contribution in [2.75, 3.05) is 64.0 Å². The van der Waals surface area contributed by atoms with Crippen LogP contribution < -0.4 is 0 Å². The van der Waals surface area contributed by atoms with Crippen LogP contribution in [-0.2, 0) is 61.9 Å². The lowest BCUT2D eigenvalue weighted by molar-refractivity contribution is 0.0920. The second kappa shape index (κ2) is 23.7. The van der Waals surface area contributed by atoms with Crippen LogP contribution in [-0.4, -0.2) is 64.0 Å². The third-order valence-electron chi connectivity index (χ3n) is 12.3. The topological polar surface area (TPSA) is 83.1 Å². The Balaban J connectivity index is 1.89. The average molecular weight is 829 g/mol. The lowest BCUT2D eigenvalue weighted by Gasteiger charge is -2.26. The Hall–Kier alpha value is -3.48. The van der Waals surface area contributed by atoms with E-state index in [2.05, 4.69) is 114 Å². The molecule has 0 radical (unpaired) electrons. The number of hydrogen-bond donors (Lipinski definition) is 0. The quantitative estimate of drug-likeness (QED) is 0.0685. The van der Waals surface area contributed by atoms with E-state index in [0.717, 1.165) is 66.8 Å². The van der Waals surface area contributed by atoms with Crippen LogP contribution in [0.2, 0.25) is 0 Å². The van der Waals surface area contributed by atoms with Crippen molar-refractivity contribution in [1.29, 1.82) is 0 Å². The first kappa shape index (κ1) is 49.2. The van der Waals surface area contributed by atoms with Gasteiger partial charge in [0.15, 0.2) is 0 Å². The minimum atomic E-state index is -0.280. The van der Waals surface area contributed by atoms with Gasteiger partial charge in [-0.05, 0) is 108 Å². The Morgan fingerprint density at radius 3 is 0.567 bits per heavy atom. The number of rotatable bonds is 24. The van der Waals surface area contributed by atoms with Gasteiger partial charge in [-0.15, -0.1) is 0 Å². The van der Waals surface area contributed by atoms with Crippen molar-refractivity contribution in [3.8, 4) is 0 Å². The molecule has 9 heteroatoms. The second-order valence-electron chi connectivity index (χ2n) is 16.0. The molecule has 0 N–H and O–H groups in total. The fourth-order valence-corrected chi connectivity index (χ4v) is 7.73. The van der Waals surface area contributed by atoms with Crippen LogP contribution in [0.25, 0.3) is 0 Å². The van der Waals surface area contributed by atoms with Crippen molar-refractivity contribution in [1.82, 2.24) is 0 Å². The van der Waals surface area contributed by atoms with Crippen LogP contribution in [0.1, 0.15) is 163 Å². The monoisotopic (exact) mass is 829 g/mol. The van der Waals surface area contributed by atoms with Crippen molar-refractivity contribution in [3.05, 3.63) is 140 Å². The Morgan fingerprint density at radius 2 is 0.417 bits per heavy atom. The third kappa shape index (κ3) is 12.8. The molecule has 0 bridgehead atoms. The Kier molecular flexibility index (Phi) is 19.4. The Bertz CT molecular complexity index is 1610. The first-order valence-corrected chi connectivity index (χ1v) is 21.1. The molecule has 9 nitrogen and oxygen atoms in total. The van der Waals surface area contributed by atoms with Gasteiger partial charge >= 0.3 is 0 Å². The summed E-state index contributed by atoms with van der Waals surface area (Å²) in [7, 11) is 15.8. The predicted octanol–water partition coefficient (Wildman–Crippen LogP) is 11.7. The van der Waals surface area contributed by atoms with Gasteiger partial charge in [-0.1, -0.05) is 72.8 Å². The molecular formula is C51H72O9. The number of methoxy groups -OCH3 is 9. The van der Waals surface area contributed by atoms with Gasteiger partial charge in [0.1, 0.15) is 0 Å². The molecule has 0 aliphatic carbocycles. The Labute approximate surface area is 360 Å². The van der Waals surface area contributed by atoms with E-state index < -0.39 is 0 Å². The predicted molar refractivity (Wildman–Crippen MR) is 239 cm³/mol. The van der Waals surface area contributed by atoms with E-state index >= 15 is 0 Å². The molecular weight excluding hydrogens is 757 g/mol. The summed E-state index contributed by atoms with van der Waals surface area (Å²) >= 11 is 0. The number of ether oxygens (including phenoxy) is 9. The highest BCUT2D eigenvalue weighted by molar-refractivity contribution is 5.41. The van der Waals surface area contributed by atoms with Crippen LogP contribution in [0.5, 0.6) is 0 Å². The van der Waals surface area contributed by atoms with Crippen molar-refractivity contribution in [2.24, 2.45) is 0 Å². The van der Waals surface area contributed by atoms with Gasteiger partial charge in [-0.2, -0.15) is 0 Å². The van der Waals surface area contributed by atoms with E-state index in [1.54, 1.807) is 64.0 Å². The van der Waals surface area contributed by atoms with Gasteiger partial charge in [-0.3, -0.25) is 0 Å². The van der Waals surface area contributed by atoms with Crippen molar-refractivity contribution < 1.29 is 42.6 Å². The maximum atomic E-state index is 6.38. The zero-order valence-electron chi connectivity index (χ0n) is 38.9. The van der Waals surface area contributed by atoms with Gasteiger partial charge in [0.2, 0.25) is 0 Å². The molecule has 0 spiro atoms. The molecule has 4 rings (SSSR count). The summed E-state index contributed by atoms with van der Waals surface area (Å²) in [5, 5.41) is 0. The van der Waals surface area contributed by atoms with Gasteiger partial charge in [0, 0.05) is 83.3 Å². The molecule has 4 aromatic rings. The molecule has 0 amide bonds. The lowest BCUT2D eigenvalue weighted by Crippen LogP contribution is -2.14. The largest absolute Gasteiger partial charge is 0.377 e. The smallest absolute Gasteiger partial charge is 0.0861 e. The molecule has 9 atom stereocenters. The summed E-state index contributed by atoms with van der Waals surface area (Å²) < 4.78 is 53.7. The molecule has 330 valence electrons. The zero-order chi connectivity index (χ0) is 44.1. The molecule has 0 fully saturated rings. The minimum absolute atomic E-state index is 0.0795. The van der Waals surface area contributed by atoms with Crippen LogP contribution in [0.3, 0.4) is 0 Å². The van der Waals surface area contributed by atoms with E-state index in [-0.39, 0.29) is 54.9 Å². The summed E-state index contributed by atoms with van der Waals surface area (Å²) in [6.45, 7) is 12.4. The van der Waals surface area contributed by atoms with Crippen LogP contribution in [0, 0.1) is 0 Å². The highest BCUT2D eigenvalue weighted by atomic mass is 16.5. The molecule has 0 heterocycles. The summed E-state index contributed by atoms with van der Waals surface area (Å²) in [6.07, 6.45) is 0.578. The maximum Gasteiger partial charge on any atom is 0.0861 e. The van der Waals surface area contributed by atoms with Gasteiger partial charge in [0.05, 0.1) is 54.9 Å². The summed E-state index contributed by atoms with van der Waals surface area (Å²) in [5.41, 5.74) is 13.1. The zero-order valence-corrected chi connectivity index (χ0v) is 38.9. The molecule has 60 heavy (non-hydrogen) atoms. The van der Waals surface area contributed by atoms with Crippen LogP contribution >= 0.6 is 0 Å². The first-order chi connectivity index (χ1) is 28.7. The van der Waals surface area contributed by atoms with Gasteiger partial charge in [-0.25, -0.2) is 0 Å². The summed E-state index contributed by atoms with van der Waals surface area (Å²) in [5.74, 6) is 0. The van der Waals surface area contributed by atoms with Crippen molar-refractivity contribution >= 4 is 0 Å². The lowest BCUT2D eigenvalue weighted by atomic mass is 9.88. The molecule has 0 aromatic heterocycles. The molecule has 0 saturated heterocycles. The highest BCUT2D eigenvalue weighted by Crippen LogP contribution is 2.36. The molecule has 0 saturated carbocycles. The van der Waals surface area contributed by atoms with Crippen molar-refractivity contribution in [2.45, 2.75) is 116 Å². The number of hydrogen-bond acceptors (Lipinski definition) is 9. The van der Waals surface area contributed by atoms with Crippen LogP contribution in [0.15, 0.2) is 72.8 Å². The molecule has 0 aliphatic heterocycles. The highest BCUT2D eigenvalue weighted by Gasteiger charge is 2.24. The van der Waals surface area contributed by atoms with E-state index in [1.165, 1.54) is 0 Å². The minimum Gasteiger partial charge on any atom is -0.377 e. The SMILES string of the molecule is CO[C@@H](Cc1cc([C@@H](C)OC)cc([C@@H](C)OC)c1)c1cc([C@H](Cc2cc([C@@H](C)OC)cc([C@@H](C)OC)c2)OC)cc([C@H](Cc2cc([C@@H](C)OC)cc([C@@H](C)OC)c2)OC)c1. The number of benzene rings is 4. The van der Waals surface area contributed by atoms with E-state index in [9.17, 15) is 0 Å². The summed E-state index contributed by atoms with van der Waals surface area (Å²) in [6, 6.07) is 26.5. The van der Waals surface area contributed by atoms with Crippen molar-refractivity contribution in [3.63, 3.8) is 0 Å². The molecule has 4 aromatic carbocycles. The third-order valence-corrected chi connectivity index (χ3v) is 12.3. The van der Waals surface area contributed by atoms with Gasteiger partial charge < -0.3 is 42.6 Å². The Morgan fingerprint density at radius 1 is 0.250 bits per heavy atom. The van der Waals surface area contributed by atoms with E-state index in [4.69, 9.17) is 42.6 Å². The molecule has 0 aliphatic rings. The van der Waals surface area contributed by atoms with Crippen LogP contribution in [0.4, 0.5) is 0 Å². The van der Waals surface area contributed by atoms with E-state index in [0.29, 0.717) is 19.3 Å². The van der Waals surface area contributed by atoms with E-state index in [1.807, 2.05) is 0 Å². The first-order valence-electron chi connectivity index (χ1n) is 21.1.